The SMILES string of the molecule is CC(NC(=O)c1cc(C(F)(F)F)nn1C)c1nc2ccccc2[nH]1. The molecule has 1 aromatic carbocycles. The number of carbonyl (C=O) groups is 1. The molecule has 3 rings (SSSR count). The van der Waals surface area contributed by atoms with Gasteiger partial charge in [-0.3, -0.25) is 9.48 Å². The van der Waals surface area contributed by atoms with Crippen molar-refractivity contribution in [3.63, 3.8) is 0 Å². The van der Waals surface area contributed by atoms with Crippen LogP contribution in [-0.4, -0.2) is 25.7 Å². The van der Waals surface area contributed by atoms with E-state index in [-0.39, 0.29) is 5.69 Å². The standard InChI is InChI=1S/C15H14F3N5O/c1-8(13-20-9-5-3-4-6-10(9)21-13)19-14(24)11-7-12(15(16,17)18)22-23(11)2/h3-8H,1-2H3,(H,19,24)(H,20,21). The van der Waals surface area contributed by atoms with E-state index in [2.05, 4.69) is 20.4 Å². The van der Waals surface area contributed by atoms with Gasteiger partial charge in [-0.25, -0.2) is 4.98 Å². The van der Waals surface area contributed by atoms with Crippen molar-refractivity contribution in [3.8, 4) is 0 Å². The molecule has 1 unspecified atom stereocenters. The summed E-state index contributed by atoms with van der Waals surface area (Å²) in [6.07, 6.45) is -4.60. The Morgan fingerprint density at radius 3 is 2.67 bits per heavy atom. The first kappa shape index (κ1) is 16.0. The van der Waals surface area contributed by atoms with Gasteiger partial charge in [0.2, 0.25) is 0 Å². The summed E-state index contributed by atoms with van der Waals surface area (Å²) in [5, 5.41) is 5.94. The van der Waals surface area contributed by atoms with Crippen LogP contribution < -0.4 is 5.32 Å². The lowest BCUT2D eigenvalue weighted by Crippen LogP contribution is -2.29. The minimum atomic E-state index is -4.60. The Kier molecular flexibility index (Phi) is 3.78. The van der Waals surface area contributed by atoms with E-state index in [0.29, 0.717) is 5.82 Å². The fourth-order valence-electron chi connectivity index (χ4n) is 2.33. The van der Waals surface area contributed by atoms with Crippen molar-refractivity contribution in [2.45, 2.75) is 19.1 Å². The van der Waals surface area contributed by atoms with E-state index in [9.17, 15) is 18.0 Å². The van der Waals surface area contributed by atoms with Crippen LogP contribution in [0.5, 0.6) is 0 Å². The number of carbonyl (C=O) groups excluding carboxylic acids is 1. The molecule has 1 atom stereocenters. The monoisotopic (exact) mass is 337 g/mol. The van der Waals surface area contributed by atoms with Crippen LogP contribution in [0.1, 0.15) is 35.0 Å². The molecule has 2 N–H and O–H groups in total. The molecule has 126 valence electrons. The maximum Gasteiger partial charge on any atom is 0.435 e. The Hall–Kier alpha value is -2.84. The van der Waals surface area contributed by atoms with Gasteiger partial charge in [0, 0.05) is 13.1 Å². The van der Waals surface area contributed by atoms with Gasteiger partial charge in [-0.15, -0.1) is 0 Å². The number of aromatic nitrogens is 4. The molecule has 0 aliphatic heterocycles. The van der Waals surface area contributed by atoms with Crippen LogP contribution in [0.2, 0.25) is 0 Å². The average Bonchev–Trinajstić information content (AvgIpc) is 3.09. The number of para-hydroxylation sites is 2. The third-order valence-corrected chi connectivity index (χ3v) is 3.57. The predicted octanol–water partition coefficient (Wildman–Crippen LogP) is 2.81. The molecule has 3 aromatic rings. The number of aryl methyl sites for hydroxylation is 1. The number of amides is 1. The van der Waals surface area contributed by atoms with Gasteiger partial charge in [0.05, 0.1) is 17.1 Å². The Labute approximate surface area is 134 Å². The van der Waals surface area contributed by atoms with Crippen molar-refractivity contribution in [1.82, 2.24) is 25.1 Å². The van der Waals surface area contributed by atoms with Crippen molar-refractivity contribution in [2.75, 3.05) is 0 Å². The number of aromatic amines is 1. The molecule has 0 aliphatic carbocycles. The number of hydrogen-bond acceptors (Lipinski definition) is 3. The molecule has 24 heavy (non-hydrogen) atoms. The van der Waals surface area contributed by atoms with Crippen molar-refractivity contribution >= 4 is 16.9 Å². The Bertz CT molecular complexity index is 863. The lowest BCUT2D eigenvalue weighted by Gasteiger charge is -2.11. The highest BCUT2D eigenvalue weighted by Gasteiger charge is 2.35. The molecule has 0 saturated heterocycles. The number of fused-ring (bicyclic) bond motifs is 1. The zero-order valence-corrected chi connectivity index (χ0v) is 12.8. The molecule has 2 aromatic heterocycles. The molecule has 0 fully saturated rings. The summed E-state index contributed by atoms with van der Waals surface area (Å²) in [6, 6.07) is 7.57. The van der Waals surface area contributed by atoms with Crippen LogP contribution >= 0.6 is 0 Å². The van der Waals surface area contributed by atoms with Crippen molar-refractivity contribution in [2.24, 2.45) is 7.05 Å². The van der Waals surface area contributed by atoms with Crippen molar-refractivity contribution in [1.29, 1.82) is 0 Å². The minimum absolute atomic E-state index is 0.176. The van der Waals surface area contributed by atoms with Gasteiger partial charge in [-0.2, -0.15) is 18.3 Å². The summed E-state index contributed by atoms with van der Waals surface area (Å²) < 4.78 is 38.9. The highest BCUT2D eigenvalue weighted by atomic mass is 19.4. The quantitative estimate of drug-likeness (QED) is 0.772. The highest BCUT2D eigenvalue weighted by molar-refractivity contribution is 5.93. The largest absolute Gasteiger partial charge is 0.435 e. The second kappa shape index (κ2) is 5.66. The van der Waals surface area contributed by atoms with Crippen LogP contribution in [-0.2, 0) is 13.2 Å². The molecular formula is C15H14F3N5O. The molecule has 0 bridgehead atoms. The van der Waals surface area contributed by atoms with E-state index in [4.69, 9.17) is 0 Å². The summed E-state index contributed by atoms with van der Waals surface area (Å²) in [4.78, 5) is 19.6. The molecule has 1 amide bonds. The molecule has 2 heterocycles. The number of nitrogens with zero attached hydrogens (tertiary/aromatic N) is 3. The number of alkyl halides is 3. The molecule has 9 heteroatoms. The number of halogens is 3. The van der Waals surface area contributed by atoms with E-state index >= 15 is 0 Å². The maximum atomic E-state index is 12.7. The average molecular weight is 337 g/mol. The first-order valence-corrected chi connectivity index (χ1v) is 7.12. The molecular weight excluding hydrogens is 323 g/mol. The van der Waals surface area contributed by atoms with E-state index in [1.165, 1.54) is 7.05 Å². The van der Waals surface area contributed by atoms with Crippen molar-refractivity contribution < 1.29 is 18.0 Å². The number of hydrogen-bond donors (Lipinski definition) is 2. The first-order valence-electron chi connectivity index (χ1n) is 7.12. The molecule has 0 radical (unpaired) electrons. The number of nitrogens with one attached hydrogen (secondary N) is 2. The number of H-pyrrole nitrogens is 1. The first-order chi connectivity index (χ1) is 11.3. The van der Waals surface area contributed by atoms with E-state index < -0.39 is 23.8 Å². The zero-order chi connectivity index (χ0) is 17.5. The summed E-state index contributed by atoms with van der Waals surface area (Å²) in [6.45, 7) is 1.69. The number of rotatable bonds is 3. The summed E-state index contributed by atoms with van der Waals surface area (Å²) >= 11 is 0. The fourth-order valence-corrected chi connectivity index (χ4v) is 2.33. The third kappa shape index (κ3) is 2.97. The number of imidazole rings is 1. The Morgan fingerprint density at radius 2 is 2.04 bits per heavy atom. The highest BCUT2D eigenvalue weighted by Crippen LogP contribution is 2.28. The zero-order valence-electron chi connectivity index (χ0n) is 12.8. The van der Waals surface area contributed by atoms with Crippen LogP contribution in [0, 0.1) is 0 Å². The van der Waals surface area contributed by atoms with Gasteiger partial charge in [0.25, 0.3) is 5.91 Å². The van der Waals surface area contributed by atoms with Crippen LogP contribution in [0.25, 0.3) is 11.0 Å². The minimum Gasteiger partial charge on any atom is -0.341 e. The molecule has 0 spiro atoms. The van der Waals surface area contributed by atoms with Gasteiger partial charge in [0.1, 0.15) is 11.5 Å². The van der Waals surface area contributed by atoms with E-state index in [0.717, 1.165) is 21.8 Å². The van der Waals surface area contributed by atoms with Gasteiger partial charge in [-0.05, 0) is 19.1 Å². The van der Waals surface area contributed by atoms with Gasteiger partial charge in [-0.1, -0.05) is 12.1 Å². The second-order valence-electron chi connectivity index (χ2n) is 5.37. The Balaban J connectivity index is 1.80. The molecule has 0 aliphatic rings. The van der Waals surface area contributed by atoms with Crippen LogP contribution in [0.4, 0.5) is 13.2 Å². The fraction of sp³-hybridized carbons (Fsp3) is 0.267. The normalized spacial score (nSPS) is 13.2. The van der Waals surface area contributed by atoms with Gasteiger partial charge >= 0.3 is 6.18 Å². The maximum absolute atomic E-state index is 12.7. The lowest BCUT2D eigenvalue weighted by molar-refractivity contribution is -0.141. The van der Waals surface area contributed by atoms with Crippen LogP contribution in [0.3, 0.4) is 0 Å². The van der Waals surface area contributed by atoms with Gasteiger partial charge in [0.15, 0.2) is 5.69 Å². The number of benzene rings is 1. The predicted molar refractivity (Wildman–Crippen MR) is 80.2 cm³/mol. The van der Waals surface area contributed by atoms with Crippen molar-refractivity contribution in [3.05, 3.63) is 47.5 Å². The smallest absolute Gasteiger partial charge is 0.341 e. The lowest BCUT2D eigenvalue weighted by atomic mass is 10.2. The van der Waals surface area contributed by atoms with E-state index in [1.54, 1.807) is 6.92 Å². The molecule has 6 nitrogen and oxygen atoms in total. The molecule has 0 saturated carbocycles. The van der Waals surface area contributed by atoms with Gasteiger partial charge < -0.3 is 10.3 Å². The van der Waals surface area contributed by atoms with Crippen LogP contribution in [0.15, 0.2) is 30.3 Å². The third-order valence-electron chi connectivity index (χ3n) is 3.57. The topological polar surface area (TPSA) is 75.6 Å². The Morgan fingerprint density at radius 1 is 1.33 bits per heavy atom. The second-order valence-corrected chi connectivity index (χ2v) is 5.37. The summed E-state index contributed by atoms with van der Waals surface area (Å²) in [5.74, 6) is -0.142. The summed E-state index contributed by atoms with van der Waals surface area (Å²) in [5.41, 5.74) is 0.277. The van der Waals surface area contributed by atoms with E-state index in [1.807, 2.05) is 24.3 Å². The summed E-state index contributed by atoms with van der Waals surface area (Å²) in [7, 11) is 1.29.